The number of carbonyl (C=O) groups excluding carboxylic acids is 2. The van der Waals surface area contributed by atoms with Crippen molar-refractivity contribution in [2.45, 2.75) is 78.6 Å². The molecule has 1 aliphatic carbocycles. The van der Waals surface area contributed by atoms with Crippen molar-refractivity contribution in [1.82, 2.24) is 9.88 Å². The summed E-state index contributed by atoms with van der Waals surface area (Å²) in [5.41, 5.74) is 4.72. The number of ether oxygens (including phenoxy) is 1. The summed E-state index contributed by atoms with van der Waals surface area (Å²) in [5.74, 6) is 0.749. The van der Waals surface area contributed by atoms with E-state index in [1.54, 1.807) is 6.92 Å². The van der Waals surface area contributed by atoms with Crippen LogP contribution in [0.2, 0.25) is 0 Å². The highest BCUT2D eigenvalue weighted by Gasteiger charge is 2.37. The standard InChI is InChI=1S/C32H45N3O3/c1-8-38-29(37)21-32(6,7)27(36)22-34-16-18-35(19-17-34)28-11-9-10-26(33-28)23-12-13-24-25(20-23)31(4,5)15-14-30(24,2)3/h9-13,20H,8,14-19,21-22H2,1-7H3. The number of hydrogen-bond donors (Lipinski definition) is 0. The molecule has 0 amide bonds. The minimum Gasteiger partial charge on any atom is -0.466 e. The fourth-order valence-electron chi connectivity index (χ4n) is 5.73. The maximum atomic E-state index is 12.9. The van der Waals surface area contributed by atoms with Crippen molar-refractivity contribution in [2.75, 3.05) is 44.2 Å². The third-order valence-corrected chi connectivity index (χ3v) is 8.59. The lowest BCUT2D eigenvalue weighted by Crippen LogP contribution is -2.49. The molecule has 6 nitrogen and oxygen atoms in total. The summed E-state index contributed by atoms with van der Waals surface area (Å²) >= 11 is 0. The number of fused-ring (bicyclic) bond motifs is 1. The first-order chi connectivity index (χ1) is 17.8. The van der Waals surface area contributed by atoms with E-state index in [0.29, 0.717) is 13.2 Å². The lowest BCUT2D eigenvalue weighted by atomic mass is 9.63. The predicted molar refractivity (Wildman–Crippen MR) is 154 cm³/mol. The second-order valence-corrected chi connectivity index (χ2v) is 13.0. The van der Waals surface area contributed by atoms with Crippen LogP contribution in [0.3, 0.4) is 0 Å². The molecule has 6 heteroatoms. The first kappa shape index (κ1) is 28.3. The molecule has 0 spiro atoms. The summed E-state index contributed by atoms with van der Waals surface area (Å²) in [6.45, 7) is 18.8. The highest BCUT2D eigenvalue weighted by Crippen LogP contribution is 2.46. The molecule has 0 unspecified atom stereocenters. The number of Topliss-reactive ketones (excluding diaryl/α,β-unsaturated/α-hetero) is 1. The van der Waals surface area contributed by atoms with E-state index >= 15 is 0 Å². The minimum absolute atomic E-state index is 0.0811. The number of hydrogen-bond acceptors (Lipinski definition) is 6. The van der Waals surface area contributed by atoms with E-state index in [4.69, 9.17) is 9.72 Å². The van der Waals surface area contributed by atoms with Crippen LogP contribution in [0, 0.1) is 5.41 Å². The maximum absolute atomic E-state index is 12.9. The van der Waals surface area contributed by atoms with Gasteiger partial charge in [0.2, 0.25) is 0 Å². The highest BCUT2D eigenvalue weighted by atomic mass is 16.5. The summed E-state index contributed by atoms with van der Waals surface area (Å²) < 4.78 is 5.05. The van der Waals surface area contributed by atoms with E-state index in [1.165, 1.54) is 29.5 Å². The van der Waals surface area contributed by atoms with E-state index in [0.717, 1.165) is 37.7 Å². The molecule has 0 radical (unpaired) electrons. The van der Waals surface area contributed by atoms with Crippen LogP contribution < -0.4 is 4.90 Å². The van der Waals surface area contributed by atoms with Gasteiger partial charge in [0.15, 0.2) is 5.78 Å². The van der Waals surface area contributed by atoms with Crippen LogP contribution in [0.25, 0.3) is 11.3 Å². The molecular weight excluding hydrogens is 474 g/mol. The number of piperazine rings is 1. The molecule has 1 saturated heterocycles. The molecule has 2 aliphatic rings. The molecule has 0 N–H and O–H groups in total. The van der Waals surface area contributed by atoms with Crippen molar-refractivity contribution in [3.05, 3.63) is 47.5 Å². The van der Waals surface area contributed by atoms with Crippen LogP contribution in [0.5, 0.6) is 0 Å². The fraction of sp³-hybridized carbons (Fsp3) is 0.594. The Balaban J connectivity index is 1.42. The minimum atomic E-state index is -0.724. The van der Waals surface area contributed by atoms with Crippen molar-refractivity contribution in [3.63, 3.8) is 0 Å². The van der Waals surface area contributed by atoms with Gasteiger partial charge in [0.05, 0.1) is 25.3 Å². The molecule has 206 valence electrons. The number of nitrogens with zero attached hydrogens (tertiary/aromatic N) is 3. The number of esters is 1. The van der Waals surface area contributed by atoms with Gasteiger partial charge in [-0.3, -0.25) is 14.5 Å². The highest BCUT2D eigenvalue weighted by molar-refractivity contribution is 5.89. The van der Waals surface area contributed by atoms with Gasteiger partial charge in [-0.2, -0.15) is 0 Å². The van der Waals surface area contributed by atoms with Crippen molar-refractivity contribution in [1.29, 1.82) is 0 Å². The third kappa shape index (κ3) is 6.12. The molecule has 0 saturated carbocycles. The number of pyridine rings is 1. The van der Waals surface area contributed by atoms with Gasteiger partial charge in [0.1, 0.15) is 5.82 Å². The van der Waals surface area contributed by atoms with Crippen LogP contribution in [0.15, 0.2) is 36.4 Å². The van der Waals surface area contributed by atoms with Crippen molar-refractivity contribution < 1.29 is 14.3 Å². The van der Waals surface area contributed by atoms with Gasteiger partial charge in [0, 0.05) is 37.2 Å². The molecule has 1 aromatic heterocycles. The number of carbonyl (C=O) groups is 2. The Morgan fingerprint density at radius 1 is 0.947 bits per heavy atom. The zero-order valence-electron chi connectivity index (χ0n) is 24.4. The SMILES string of the molecule is CCOC(=O)CC(C)(C)C(=O)CN1CCN(c2cccc(-c3ccc4c(c3)C(C)(C)CCC4(C)C)n2)CC1. The van der Waals surface area contributed by atoms with Crippen molar-refractivity contribution in [3.8, 4) is 11.3 Å². The Morgan fingerprint density at radius 3 is 2.26 bits per heavy atom. The van der Waals surface area contributed by atoms with Crippen LogP contribution in [0.4, 0.5) is 5.82 Å². The number of benzene rings is 1. The van der Waals surface area contributed by atoms with Crippen LogP contribution in [-0.2, 0) is 25.2 Å². The van der Waals surface area contributed by atoms with Crippen LogP contribution in [-0.4, -0.2) is 61.0 Å². The predicted octanol–water partition coefficient (Wildman–Crippen LogP) is 5.77. The molecule has 38 heavy (non-hydrogen) atoms. The Bertz CT molecular complexity index is 1180. The summed E-state index contributed by atoms with van der Waals surface area (Å²) in [7, 11) is 0. The lowest BCUT2D eigenvalue weighted by molar-refractivity contribution is -0.148. The number of rotatable bonds is 8. The van der Waals surface area contributed by atoms with Crippen molar-refractivity contribution >= 4 is 17.6 Å². The van der Waals surface area contributed by atoms with Gasteiger partial charge in [-0.1, -0.05) is 59.7 Å². The average Bonchev–Trinajstić information content (AvgIpc) is 2.87. The van der Waals surface area contributed by atoms with E-state index in [9.17, 15) is 9.59 Å². The summed E-state index contributed by atoms with van der Waals surface area (Å²) in [6, 6.07) is 13.2. The molecule has 4 rings (SSSR count). The first-order valence-corrected chi connectivity index (χ1v) is 14.1. The second-order valence-electron chi connectivity index (χ2n) is 13.0. The number of anilines is 1. The number of aromatic nitrogens is 1. The molecule has 0 atom stereocenters. The Hall–Kier alpha value is -2.73. The fourth-order valence-corrected chi connectivity index (χ4v) is 5.73. The second kappa shape index (κ2) is 10.8. The molecule has 0 bridgehead atoms. The lowest BCUT2D eigenvalue weighted by Gasteiger charge is -2.42. The molecule has 2 aromatic rings. The van der Waals surface area contributed by atoms with Crippen LogP contribution in [0.1, 0.15) is 78.9 Å². The van der Waals surface area contributed by atoms with Gasteiger partial charge in [-0.15, -0.1) is 0 Å². The third-order valence-electron chi connectivity index (χ3n) is 8.59. The molecule has 1 fully saturated rings. The van der Waals surface area contributed by atoms with Gasteiger partial charge in [-0.05, 0) is 59.9 Å². The van der Waals surface area contributed by atoms with Gasteiger partial charge in [0.25, 0.3) is 0 Å². The molecule has 2 heterocycles. The monoisotopic (exact) mass is 519 g/mol. The van der Waals surface area contributed by atoms with Crippen molar-refractivity contribution in [2.24, 2.45) is 5.41 Å². The smallest absolute Gasteiger partial charge is 0.306 e. The molecular formula is C32H45N3O3. The summed E-state index contributed by atoms with van der Waals surface area (Å²) in [6.07, 6.45) is 2.52. The van der Waals surface area contributed by atoms with Crippen LogP contribution >= 0.6 is 0 Å². The van der Waals surface area contributed by atoms with E-state index in [1.807, 2.05) is 13.8 Å². The Morgan fingerprint density at radius 2 is 1.61 bits per heavy atom. The Kier molecular flexibility index (Phi) is 8.04. The quantitative estimate of drug-likeness (QED) is 0.413. The largest absolute Gasteiger partial charge is 0.466 e. The van der Waals surface area contributed by atoms with E-state index < -0.39 is 5.41 Å². The van der Waals surface area contributed by atoms with Gasteiger partial charge < -0.3 is 9.64 Å². The zero-order chi connectivity index (χ0) is 27.7. The topological polar surface area (TPSA) is 62.7 Å². The molecule has 1 aliphatic heterocycles. The normalized spacial score (nSPS) is 19.1. The number of ketones is 1. The first-order valence-electron chi connectivity index (χ1n) is 14.1. The van der Waals surface area contributed by atoms with E-state index in [2.05, 4.69) is 73.9 Å². The summed E-state index contributed by atoms with van der Waals surface area (Å²) in [5, 5.41) is 0. The van der Waals surface area contributed by atoms with Gasteiger partial charge in [-0.25, -0.2) is 4.98 Å². The van der Waals surface area contributed by atoms with E-state index in [-0.39, 0.29) is 29.0 Å². The maximum Gasteiger partial charge on any atom is 0.306 e. The summed E-state index contributed by atoms with van der Waals surface area (Å²) in [4.78, 5) is 34.4. The van der Waals surface area contributed by atoms with Gasteiger partial charge >= 0.3 is 5.97 Å². The average molecular weight is 520 g/mol. The zero-order valence-corrected chi connectivity index (χ0v) is 24.4. The Labute approximate surface area is 228 Å². The molecule has 1 aromatic carbocycles.